The highest BCUT2D eigenvalue weighted by Crippen LogP contribution is 2.39. The molecule has 5 rings (SSSR count). The van der Waals surface area contributed by atoms with Gasteiger partial charge in [0.1, 0.15) is 5.69 Å². The molecule has 33 heavy (non-hydrogen) atoms. The van der Waals surface area contributed by atoms with Crippen LogP contribution >= 0.6 is 11.6 Å². The number of carbonyl (C=O) groups is 1. The predicted octanol–water partition coefficient (Wildman–Crippen LogP) is 5.67. The average Bonchev–Trinajstić information content (AvgIpc) is 3.23. The summed E-state index contributed by atoms with van der Waals surface area (Å²) < 4.78 is 1.85. The van der Waals surface area contributed by atoms with E-state index < -0.39 is 0 Å². The molecule has 1 aliphatic rings. The number of hydrogen-bond donors (Lipinski definition) is 0. The SMILES string of the molecule is CN(C(=O)c1cn(Cc2ccccc2)nc1-c1ccc(Cl)cc1)C1CC(c2cccnc2)C1. The fourth-order valence-electron chi connectivity index (χ4n) is 4.40. The summed E-state index contributed by atoms with van der Waals surface area (Å²) in [6.07, 6.45) is 7.48. The van der Waals surface area contributed by atoms with Crippen molar-refractivity contribution in [1.29, 1.82) is 0 Å². The highest BCUT2D eigenvalue weighted by Gasteiger charge is 2.36. The van der Waals surface area contributed by atoms with Gasteiger partial charge >= 0.3 is 0 Å². The van der Waals surface area contributed by atoms with E-state index in [4.69, 9.17) is 16.7 Å². The van der Waals surface area contributed by atoms with Gasteiger partial charge in [0.25, 0.3) is 5.91 Å². The minimum absolute atomic E-state index is 0.00565. The molecule has 1 amide bonds. The number of amides is 1. The molecule has 0 N–H and O–H groups in total. The van der Waals surface area contributed by atoms with Gasteiger partial charge in [-0.25, -0.2) is 0 Å². The first-order chi connectivity index (χ1) is 16.1. The van der Waals surface area contributed by atoms with Crippen molar-refractivity contribution in [1.82, 2.24) is 19.7 Å². The number of rotatable bonds is 6. The molecule has 2 aromatic heterocycles. The summed E-state index contributed by atoms with van der Waals surface area (Å²) in [5.74, 6) is 0.449. The first-order valence-corrected chi connectivity index (χ1v) is 11.5. The van der Waals surface area contributed by atoms with E-state index in [1.54, 1.807) is 6.20 Å². The lowest BCUT2D eigenvalue weighted by atomic mass is 9.75. The molecule has 0 saturated heterocycles. The molecule has 4 aromatic rings. The Morgan fingerprint density at radius 1 is 1.06 bits per heavy atom. The molecule has 0 aliphatic heterocycles. The number of carbonyl (C=O) groups excluding carboxylic acids is 1. The van der Waals surface area contributed by atoms with Crippen LogP contribution in [0.5, 0.6) is 0 Å². The number of aromatic nitrogens is 3. The number of nitrogens with zero attached hydrogens (tertiary/aromatic N) is 4. The van der Waals surface area contributed by atoms with Gasteiger partial charge in [-0.2, -0.15) is 5.10 Å². The van der Waals surface area contributed by atoms with Gasteiger partial charge in [0.15, 0.2) is 0 Å². The maximum absolute atomic E-state index is 13.6. The second kappa shape index (κ2) is 9.20. The fraction of sp³-hybridized carbons (Fsp3) is 0.222. The molecule has 0 spiro atoms. The van der Waals surface area contributed by atoms with Crippen LogP contribution in [0, 0.1) is 0 Å². The molecular weight excluding hydrogens is 432 g/mol. The summed E-state index contributed by atoms with van der Waals surface area (Å²) in [4.78, 5) is 19.7. The molecule has 6 heteroatoms. The fourth-order valence-corrected chi connectivity index (χ4v) is 4.53. The van der Waals surface area contributed by atoms with Crippen LogP contribution in [0.1, 0.15) is 40.2 Å². The molecular formula is C27H25ClN4O. The Morgan fingerprint density at radius 3 is 2.52 bits per heavy atom. The van der Waals surface area contributed by atoms with Crippen LogP contribution in [0.2, 0.25) is 5.02 Å². The third kappa shape index (κ3) is 4.55. The minimum Gasteiger partial charge on any atom is -0.339 e. The molecule has 1 aliphatic carbocycles. The van der Waals surface area contributed by atoms with Crippen molar-refractivity contribution in [3.8, 4) is 11.3 Å². The van der Waals surface area contributed by atoms with E-state index in [1.807, 2.05) is 77.6 Å². The van der Waals surface area contributed by atoms with E-state index >= 15 is 0 Å². The van der Waals surface area contributed by atoms with Crippen molar-refractivity contribution in [2.45, 2.75) is 31.3 Å². The van der Waals surface area contributed by atoms with Crippen LogP contribution in [-0.4, -0.2) is 38.7 Å². The summed E-state index contributed by atoms with van der Waals surface area (Å²) in [7, 11) is 1.90. The van der Waals surface area contributed by atoms with Gasteiger partial charge in [-0.05, 0) is 48.1 Å². The van der Waals surface area contributed by atoms with E-state index in [-0.39, 0.29) is 11.9 Å². The van der Waals surface area contributed by atoms with Gasteiger partial charge in [-0.1, -0.05) is 60.1 Å². The summed E-state index contributed by atoms with van der Waals surface area (Å²) in [6, 6.07) is 21.9. The lowest BCUT2D eigenvalue weighted by molar-refractivity contribution is 0.0621. The van der Waals surface area contributed by atoms with Crippen molar-refractivity contribution in [3.63, 3.8) is 0 Å². The average molecular weight is 457 g/mol. The number of pyridine rings is 1. The van der Waals surface area contributed by atoms with E-state index in [0.29, 0.717) is 28.7 Å². The third-order valence-electron chi connectivity index (χ3n) is 6.43. The molecule has 5 nitrogen and oxygen atoms in total. The Kier molecular flexibility index (Phi) is 5.97. The van der Waals surface area contributed by atoms with Crippen LogP contribution < -0.4 is 0 Å². The molecule has 0 bridgehead atoms. The number of benzene rings is 2. The monoisotopic (exact) mass is 456 g/mol. The van der Waals surface area contributed by atoms with Gasteiger partial charge in [0.05, 0.1) is 12.1 Å². The minimum atomic E-state index is -0.00565. The summed E-state index contributed by atoms with van der Waals surface area (Å²) in [6.45, 7) is 0.602. The van der Waals surface area contributed by atoms with Crippen LogP contribution in [0.4, 0.5) is 0 Å². The predicted molar refractivity (Wildman–Crippen MR) is 130 cm³/mol. The van der Waals surface area contributed by atoms with Crippen LogP contribution in [0.15, 0.2) is 85.3 Å². The summed E-state index contributed by atoms with van der Waals surface area (Å²) in [5, 5.41) is 5.45. The standard InChI is InChI=1S/C27H25ClN4O/c1-31(24-14-22(15-24)21-8-5-13-29-16-21)27(33)25-18-32(17-19-6-3-2-4-7-19)30-26(25)20-9-11-23(28)12-10-20/h2-13,16,18,22,24H,14-15,17H2,1H3. The van der Waals surface area contributed by atoms with Gasteiger partial charge in [-0.3, -0.25) is 14.5 Å². The van der Waals surface area contributed by atoms with Gasteiger partial charge in [0, 0.05) is 42.3 Å². The van der Waals surface area contributed by atoms with Crippen molar-refractivity contribution in [3.05, 3.63) is 107 Å². The molecule has 0 atom stereocenters. The zero-order chi connectivity index (χ0) is 22.8. The lowest BCUT2D eigenvalue weighted by Gasteiger charge is -2.41. The normalized spacial score (nSPS) is 17.4. The summed E-state index contributed by atoms with van der Waals surface area (Å²) in [5.41, 5.74) is 4.55. The van der Waals surface area contributed by atoms with Crippen molar-refractivity contribution in [2.24, 2.45) is 0 Å². The second-order valence-electron chi connectivity index (χ2n) is 8.61. The van der Waals surface area contributed by atoms with Crippen molar-refractivity contribution >= 4 is 17.5 Å². The molecule has 166 valence electrons. The largest absolute Gasteiger partial charge is 0.339 e. The van der Waals surface area contributed by atoms with E-state index in [2.05, 4.69) is 23.2 Å². The molecule has 1 fully saturated rings. The molecule has 2 aromatic carbocycles. The van der Waals surface area contributed by atoms with Crippen LogP contribution in [0.3, 0.4) is 0 Å². The van der Waals surface area contributed by atoms with E-state index in [1.165, 1.54) is 5.56 Å². The Balaban J connectivity index is 1.39. The Hall–Kier alpha value is -3.44. The van der Waals surface area contributed by atoms with Crippen LogP contribution in [-0.2, 0) is 6.54 Å². The van der Waals surface area contributed by atoms with E-state index in [0.717, 1.165) is 24.0 Å². The lowest BCUT2D eigenvalue weighted by Crippen LogP contribution is -2.44. The smallest absolute Gasteiger partial charge is 0.257 e. The van der Waals surface area contributed by atoms with Crippen molar-refractivity contribution in [2.75, 3.05) is 7.05 Å². The molecule has 0 radical (unpaired) electrons. The van der Waals surface area contributed by atoms with Crippen LogP contribution in [0.25, 0.3) is 11.3 Å². The van der Waals surface area contributed by atoms with E-state index in [9.17, 15) is 4.79 Å². The topological polar surface area (TPSA) is 51.0 Å². The third-order valence-corrected chi connectivity index (χ3v) is 6.69. The maximum Gasteiger partial charge on any atom is 0.257 e. The molecule has 2 heterocycles. The molecule has 1 saturated carbocycles. The van der Waals surface area contributed by atoms with Crippen molar-refractivity contribution < 1.29 is 4.79 Å². The van der Waals surface area contributed by atoms with Gasteiger partial charge in [0.2, 0.25) is 0 Å². The van der Waals surface area contributed by atoms with Gasteiger partial charge < -0.3 is 4.90 Å². The second-order valence-corrected chi connectivity index (χ2v) is 9.04. The zero-order valence-electron chi connectivity index (χ0n) is 18.4. The summed E-state index contributed by atoms with van der Waals surface area (Å²) >= 11 is 6.09. The first kappa shape index (κ1) is 21.4. The Bertz CT molecular complexity index is 1230. The highest BCUT2D eigenvalue weighted by atomic mass is 35.5. The molecule has 0 unspecified atom stereocenters. The van der Waals surface area contributed by atoms with Gasteiger partial charge in [-0.15, -0.1) is 0 Å². The first-order valence-electron chi connectivity index (χ1n) is 11.1. The zero-order valence-corrected chi connectivity index (χ0v) is 19.2. The number of halogens is 1. The quantitative estimate of drug-likeness (QED) is 0.376. The maximum atomic E-state index is 13.6. The Morgan fingerprint density at radius 2 is 1.82 bits per heavy atom. The number of hydrogen-bond acceptors (Lipinski definition) is 3. The highest BCUT2D eigenvalue weighted by molar-refractivity contribution is 6.30. The Labute approximate surface area is 198 Å².